The van der Waals surface area contributed by atoms with Gasteiger partial charge >= 0.3 is 0 Å². The maximum Gasteiger partial charge on any atom is 0.152 e. The number of imidazole rings is 1. The molecular weight excluding hydrogens is 333 g/mol. The summed E-state index contributed by atoms with van der Waals surface area (Å²) in [6, 6.07) is 3.54. The Kier molecular flexibility index (Phi) is 3.82. The van der Waals surface area contributed by atoms with E-state index in [2.05, 4.69) is 15.2 Å². The number of rotatable bonds is 3. The lowest BCUT2D eigenvalue weighted by molar-refractivity contribution is 0.675. The first kappa shape index (κ1) is 14.6. The topological polar surface area (TPSA) is 48.5 Å². The molecule has 2 heterocycles. The van der Waals surface area contributed by atoms with Crippen LogP contribution in [0.5, 0.6) is 0 Å². The Labute approximate surface area is 136 Å². The van der Waals surface area contributed by atoms with Crippen molar-refractivity contribution in [2.75, 3.05) is 0 Å². The molecule has 21 heavy (non-hydrogen) atoms. The second-order valence-corrected chi connectivity index (χ2v) is 6.25. The number of nitrogens with zero attached hydrogens (tertiary/aromatic N) is 5. The average molecular weight is 345 g/mol. The lowest BCUT2D eigenvalue weighted by atomic mass is 10.3. The molecular formula is C13H12Cl3N5. The van der Waals surface area contributed by atoms with Crippen LogP contribution in [0.2, 0.25) is 10.0 Å². The molecule has 5 nitrogen and oxygen atoms in total. The van der Waals surface area contributed by atoms with Crippen LogP contribution in [0.1, 0.15) is 23.9 Å². The first-order chi connectivity index (χ1) is 9.97. The Balaban J connectivity index is 2.20. The largest absolute Gasteiger partial charge is 0.319 e. The molecule has 2 aromatic heterocycles. The molecule has 1 unspecified atom stereocenters. The first-order valence-electron chi connectivity index (χ1n) is 6.29. The van der Waals surface area contributed by atoms with Crippen LogP contribution in [0.15, 0.2) is 18.5 Å². The summed E-state index contributed by atoms with van der Waals surface area (Å²) in [5.74, 6) is 1.55. The van der Waals surface area contributed by atoms with Crippen molar-refractivity contribution in [3.05, 3.63) is 40.2 Å². The summed E-state index contributed by atoms with van der Waals surface area (Å²) in [6.45, 7) is 2.39. The maximum absolute atomic E-state index is 6.25. The van der Waals surface area contributed by atoms with Gasteiger partial charge in [0.2, 0.25) is 0 Å². The second-order valence-electron chi connectivity index (χ2n) is 4.79. The molecule has 8 heteroatoms. The standard InChI is InChI=1S/C13H12Cl3N5/c1-7(14)13-18-10-3-8(15)9(16)4-11(10)21(13)5-12-19-17-6-20(12)2/h3-4,6-7H,5H2,1-2H3. The second kappa shape index (κ2) is 5.48. The summed E-state index contributed by atoms with van der Waals surface area (Å²) >= 11 is 18.4. The molecule has 3 rings (SSSR count). The van der Waals surface area contributed by atoms with Crippen molar-refractivity contribution in [2.24, 2.45) is 7.05 Å². The Morgan fingerprint density at radius 1 is 1.24 bits per heavy atom. The fourth-order valence-electron chi connectivity index (χ4n) is 2.20. The van der Waals surface area contributed by atoms with E-state index < -0.39 is 0 Å². The number of fused-ring (bicyclic) bond motifs is 1. The van der Waals surface area contributed by atoms with Gasteiger partial charge in [0, 0.05) is 7.05 Å². The molecule has 0 aliphatic rings. The van der Waals surface area contributed by atoms with E-state index in [1.54, 1.807) is 18.5 Å². The van der Waals surface area contributed by atoms with Gasteiger partial charge in [-0.1, -0.05) is 23.2 Å². The lowest BCUT2D eigenvalue weighted by Gasteiger charge is -2.10. The van der Waals surface area contributed by atoms with Crippen molar-refractivity contribution in [3.63, 3.8) is 0 Å². The van der Waals surface area contributed by atoms with Gasteiger partial charge in [-0.05, 0) is 19.1 Å². The zero-order chi connectivity index (χ0) is 15.1. The van der Waals surface area contributed by atoms with Gasteiger partial charge in [0.1, 0.15) is 12.2 Å². The third-order valence-electron chi connectivity index (χ3n) is 3.28. The summed E-state index contributed by atoms with van der Waals surface area (Å²) in [4.78, 5) is 4.55. The van der Waals surface area contributed by atoms with Gasteiger partial charge < -0.3 is 9.13 Å². The highest BCUT2D eigenvalue weighted by Crippen LogP contribution is 2.31. The molecule has 0 aliphatic carbocycles. The van der Waals surface area contributed by atoms with Crippen molar-refractivity contribution < 1.29 is 0 Å². The minimum Gasteiger partial charge on any atom is -0.319 e. The molecule has 0 fully saturated rings. The Morgan fingerprint density at radius 2 is 1.95 bits per heavy atom. The number of aromatic nitrogens is 5. The SMILES string of the molecule is CC(Cl)c1nc2cc(Cl)c(Cl)cc2n1Cc1nncn1C. The predicted molar refractivity (Wildman–Crippen MR) is 84.1 cm³/mol. The van der Waals surface area contributed by atoms with Gasteiger partial charge in [0.15, 0.2) is 5.82 Å². The van der Waals surface area contributed by atoms with E-state index in [-0.39, 0.29) is 5.38 Å². The summed E-state index contributed by atoms with van der Waals surface area (Å²) in [5.41, 5.74) is 1.63. The summed E-state index contributed by atoms with van der Waals surface area (Å²) in [7, 11) is 1.89. The van der Waals surface area contributed by atoms with Gasteiger partial charge in [0.25, 0.3) is 0 Å². The van der Waals surface area contributed by atoms with Crippen molar-refractivity contribution in [2.45, 2.75) is 18.8 Å². The molecule has 0 aliphatic heterocycles. The van der Waals surface area contributed by atoms with Gasteiger partial charge in [-0.2, -0.15) is 0 Å². The molecule has 0 amide bonds. The zero-order valence-electron chi connectivity index (χ0n) is 11.4. The molecule has 0 saturated carbocycles. The molecule has 0 radical (unpaired) electrons. The van der Waals surface area contributed by atoms with Gasteiger partial charge in [-0.15, -0.1) is 21.8 Å². The fraction of sp³-hybridized carbons (Fsp3) is 0.308. The maximum atomic E-state index is 6.25. The van der Waals surface area contributed by atoms with Crippen LogP contribution in [-0.2, 0) is 13.6 Å². The third-order valence-corrected chi connectivity index (χ3v) is 4.20. The Bertz CT molecular complexity index is 806. The molecule has 0 N–H and O–H groups in total. The highest BCUT2D eigenvalue weighted by atomic mass is 35.5. The van der Waals surface area contributed by atoms with Crippen LogP contribution < -0.4 is 0 Å². The minimum atomic E-state index is -0.247. The van der Waals surface area contributed by atoms with E-state index in [9.17, 15) is 0 Å². The van der Waals surface area contributed by atoms with Crippen LogP contribution in [0.3, 0.4) is 0 Å². The van der Waals surface area contributed by atoms with Gasteiger partial charge in [-0.25, -0.2) is 4.98 Å². The van der Waals surface area contributed by atoms with Crippen molar-refractivity contribution in [1.82, 2.24) is 24.3 Å². The normalized spacial score (nSPS) is 13.0. The van der Waals surface area contributed by atoms with E-state index in [0.717, 1.165) is 22.7 Å². The monoisotopic (exact) mass is 343 g/mol. The van der Waals surface area contributed by atoms with Crippen molar-refractivity contribution in [3.8, 4) is 0 Å². The number of benzene rings is 1. The smallest absolute Gasteiger partial charge is 0.152 e. The fourth-order valence-corrected chi connectivity index (χ4v) is 2.68. The van der Waals surface area contributed by atoms with Crippen molar-refractivity contribution in [1.29, 1.82) is 0 Å². The summed E-state index contributed by atoms with van der Waals surface area (Å²) < 4.78 is 3.84. The Morgan fingerprint density at radius 3 is 2.57 bits per heavy atom. The first-order valence-corrected chi connectivity index (χ1v) is 7.48. The zero-order valence-corrected chi connectivity index (χ0v) is 13.7. The summed E-state index contributed by atoms with van der Waals surface area (Å²) in [6.07, 6.45) is 1.65. The predicted octanol–water partition coefficient (Wildman–Crippen LogP) is 3.82. The van der Waals surface area contributed by atoms with E-state index in [4.69, 9.17) is 34.8 Å². The lowest BCUT2D eigenvalue weighted by Crippen LogP contribution is -2.09. The van der Waals surface area contributed by atoms with E-state index in [1.807, 2.05) is 23.1 Å². The average Bonchev–Trinajstić information content (AvgIpc) is 2.97. The van der Waals surface area contributed by atoms with Gasteiger partial charge in [-0.3, -0.25) is 0 Å². The van der Waals surface area contributed by atoms with Crippen molar-refractivity contribution >= 4 is 45.8 Å². The molecule has 1 atom stereocenters. The van der Waals surface area contributed by atoms with Gasteiger partial charge in [0.05, 0.1) is 33.0 Å². The molecule has 0 spiro atoms. The third kappa shape index (κ3) is 2.61. The highest BCUT2D eigenvalue weighted by molar-refractivity contribution is 6.42. The van der Waals surface area contributed by atoms with Crippen LogP contribution in [-0.4, -0.2) is 24.3 Å². The Hall–Kier alpha value is -1.30. The van der Waals surface area contributed by atoms with E-state index in [1.165, 1.54) is 0 Å². The van der Waals surface area contributed by atoms with Crippen LogP contribution in [0.4, 0.5) is 0 Å². The molecule has 3 aromatic rings. The molecule has 1 aromatic carbocycles. The van der Waals surface area contributed by atoms with E-state index >= 15 is 0 Å². The quantitative estimate of drug-likeness (QED) is 0.679. The number of halogens is 3. The number of hydrogen-bond donors (Lipinski definition) is 0. The minimum absolute atomic E-state index is 0.247. The summed E-state index contributed by atoms with van der Waals surface area (Å²) in [5, 5.41) is 8.70. The van der Waals surface area contributed by atoms with Crippen LogP contribution >= 0.6 is 34.8 Å². The number of alkyl halides is 1. The number of hydrogen-bond acceptors (Lipinski definition) is 3. The van der Waals surface area contributed by atoms with E-state index in [0.29, 0.717) is 16.6 Å². The molecule has 110 valence electrons. The van der Waals surface area contributed by atoms with Crippen LogP contribution in [0.25, 0.3) is 11.0 Å². The van der Waals surface area contributed by atoms with Crippen LogP contribution in [0, 0.1) is 0 Å². The highest BCUT2D eigenvalue weighted by Gasteiger charge is 2.18. The molecule has 0 bridgehead atoms. The molecule has 0 saturated heterocycles. The number of aryl methyl sites for hydroxylation is 1.